The summed E-state index contributed by atoms with van der Waals surface area (Å²) >= 11 is 0. The number of carboxylic acid groups (broad SMARTS) is 1. The number of hydrogen-bond donors (Lipinski definition) is 1. The van der Waals surface area contributed by atoms with E-state index in [1.54, 1.807) is 7.11 Å². The van der Waals surface area contributed by atoms with Crippen molar-refractivity contribution >= 4 is 29.9 Å². The Morgan fingerprint density at radius 2 is 1.51 bits per heavy atom. The van der Waals surface area contributed by atoms with E-state index in [0.29, 0.717) is 5.69 Å². The van der Waals surface area contributed by atoms with E-state index >= 15 is 0 Å². The van der Waals surface area contributed by atoms with Crippen LogP contribution in [-0.4, -0.2) is 55.6 Å². The van der Waals surface area contributed by atoms with E-state index < -0.39 is 6.09 Å². The zero-order valence-electron chi connectivity index (χ0n) is 20.3. The zero-order chi connectivity index (χ0) is 23.9. The first-order valence-corrected chi connectivity index (χ1v) is 11.9. The second-order valence-corrected chi connectivity index (χ2v) is 8.53. The largest absolute Gasteiger partial charge is 0.495 e. The normalized spacial score (nSPS) is 14.6. The third-order valence-corrected chi connectivity index (χ3v) is 6.47. The number of halogens is 1. The van der Waals surface area contributed by atoms with Crippen molar-refractivity contribution < 1.29 is 14.6 Å². The molecule has 7 heteroatoms. The highest BCUT2D eigenvalue weighted by Gasteiger charge is 2.32. The zero-order valence-corrected chi connectivity index (χ0v) is 21.2. The van der Waals surface area contributed by atoms with Crippen molar-refractivity contribution in [3.8, 4) is 16.9 Å². The van der Waals surface area contributed by atoms with Crippen LogP contribution in [0.3, 0.4) is 0 Å². The Kier molecular flexibility index (Phi) is 9.40. The molecule has 1 aliphatic heterocycles. The lowest BCUT2D eigenvalue weighted by Gasteiger charge is -2.43. The molecule has 0 aliphatic carbocycles. The Morgan fingerprint density at radius 1 is 0.914 bits per heavy atom. The summed E-state index contributed by atoms with van der Waals surface area (Å²) in [6.07, 6.45) is 0.563. The van der Waals surface area contributed by atoms with Crippen molar-refractivity contribution in [1.29, 1.82) is 0 Å². The summed E-state index contributed by atoms with van der Waals surface area (Å²) in [6.45, 7) is 5.32. The maximum atomic E-state index is 12.5. The van der Waals surface area contributed by atoms with Gasteiger partial charge in [-0.25, -0.2) is 4.79 Å². The number of nitrogens with zero attached hydrogens (tertiary/aromatic N) is 3. The molecule has 3 aromatic rings. The van der Waals surface area contributed by atoms with Crippen molar-refractivity contribution in [3.63, 3.8) is 0 Å². The van der Waals surface area contributed by atoms with E-state index in [0.717, 1.165) is 61.6 Å². The molecule has 1 saturated heterocycles. The first-order valence-electron chi connectivity index (χ1n) is 11.9. The van der Waals surface area contributed by atoms with Crippen LogP contribution in [0.1, 0.15) is 19.8 Å². The number of ether oxygens (including phenoxy) is 1. The van der Waals surface area contributed by atoms with E-state index in [4.69, 9.17) is 4.74 Å². The van der Waals surface area contributed by atoms with Crippen LogP contribution in [0.5, 0.6) is 5.75 Å². The van der Waals surface area contributed by atoms with Crippen molar-refractivity contribution in [2.45, 2.75) is 25.9 Å². The number of anilines is 2. The van der Waals surface area contributed by atoms with Crippen LogP contribution in [0.2, 0.25) is 0 Å². The molecule has 1 aliphatic rings. The van der Waals surface area contributed by atoms with Crippen LogP contribution in [0.4, 0.5) is 16.2 Å². The maximum absolute atomic E-state index is 12.5. The molecule has 1 atom stereocenters. The van der Waals surface area contributed by atoms with Gasteiger partial charge in [0.25, 0.3) is 0 Å². The van der Waals surface area contributed by atoms with E-state index in [-0.39, 0.29) is 18.6 Å². The first kappa shape index (κ1) is 26.4. The van der Waals surface area contributed by atoms with Crippen molar-refractivity contribution in [2.75, 3.05) is 43.1 Å². The molecular weight excluding hydrogens is 462 g/mol. The molecule has 1 heterocycles. The fourth-order valence-corrected chi connectivity index (χ4v) is 4.74. The number of amides is 1. The highest BCUT2D eigenvalue weighted by atomic mass is 35.5. The molecule has 1 N–H and O–H groups in total. The molecule has 0 radical (unpaired) electrons. The smallest absolute Gasteiger partial charge is 0.413 e. The Labute approximate surface area is 214 Å². The van der Waals surface area contributed by atoms with Crippen molar-refractivity contribution in [2.24, 2.45) is 0 Å². The predicted molar refractivity (Wildman–Crippen MR) is 145 cm³/mol. The Hall–Kier alpha value is -3.22. The molecule has 0 spiro atoms. The van der Waals surface area contributed by atoms with E-state index in [1.165, 1.54) is 4.90 Å². The number of carbonyl (C=O) groups is 1. The average molecular weight is 496 g/mol. The first-order chi connectivity index (χ1) is 16.6. The molecule has 0 aromatic heterocycles. The average Bonchev–Trinajstić information content (AvgIpc) is 2.89. The third kappa shape index (κ3) is 6.08. The molecule has 0 bridgehead atoms. The fraction of sp³-hybridized carbons (Fsp3) is 0.321. The standard InChI is InChI=1S/C28H33N3O3.ClH/c1-3-9-27(30-20-18-29(19-21-30)25-12-7-8-13-26(25)34-2)31(28(32)33)24-16-14-23(15-17-24)22-10-5-4-6-11-22;/h4-8,10-17,27H,3,9,18-21H2,1-2H3,(H,32,33);1H. The lowest BCUT2D eigenvalue weighted by atomic mass is 10.0. The molecule has 1 fully saturated rings. The Bertz CT molecular complexity index is 1070. The molecule has 4 rings (SSSR count). The molecular formula is C28H34ClN3O3. The van der Waals surface area contributed by atoms with Gasteiger partial charge in [0.1, 0.15) is 5.75 Å². The lowest BCUT2D eigenvalue weighted by Crippen LogP contribution is -2.57. The van der Waals surface area contributed by atoms with Crippen LogP contribution in [0, 0.1) is 0 Å². The van der Waals surface area contributed by atoms with Crippen LogP contribution in [0.15, 0.2) is 78.9 Å². The number of hydrogen-bond acceptors (Lipinski definition) is 4. The van der Waals surface area contributed by atoms with Gasteiger partial charge in [-0.15, -0.1) is 12.4 Å². The molecule has 35 heavy (non-hydrogen) atoms. The lowest BCUT2D eigenvalue weighted by molar-refractivity contribution is 0.151. The van der Waals surface area contributed by atoms with Gasteiger partial charge >= 0.3 is 6.09 Å². The summed E-state index contributed by atoms with van der Waals surface area (Å²) < 4.78 is 5.54. The SMILES string of the molecule is CCCC(N1CCN(c2ccccc2OC)CC1)N(C(=O)O)c1ccc(-c2ccccc2)cc1.Cl. The number of benzene rings is 3. The van der Waals surface area contributed by atoms with Crippen LogP contribution < -0.4 is 14.5 Å². The molecule has 186 valence electrons. The van der Waals surface area contributed by atoms with Crippen molar-refractivity contribution in [3.05, 3.63) is 78.9 Å². The maximum Gasteiger partial charge on any atom is 0.413 e. The topological polar surface area (TPSA) is 56.2 Å². The van der Waals surface area contributed by atoms with Crippen LogP contribution in [-0.2, 0) is 0 Å². The minimum absolute atomic E-state index is 0. The third-order valence-electron chi connectivity index (χ3n) is 6.47. The predicted octanol–water partition coefficient (Wildman–Crippen LogP) is 6.22. The van der Waals surface area contributed by atoms with E-state index in [1.807, 2.05) is 60.7 Å². The summed E-state index contributed by atoms with van der Waals surface area (Å²) in [5.74, 6) is 0.867. The molecule has 3 aromatic carbocycles. The van der Waals surface area contributed by atoms with Gasteiger partial charge in [-0.1, -0.05) is 67.9 Å². The highest BCUT2D eigenvalue weighted by molar-refractivity contribution is 5.87. The number of methoxy groups -OCH3 is 1. The summed E-state index contributed by atoms with van der Waals surface area (Å²) in [4.78, 5) is 18.6. The summed E-state index contributed by atoms with van der Waals surface area (Å²) in [7, 11) is 1.69. The fourth-order valence-electron chi connectivity index (χ4n) is 4.74. The van der Waals surface area contributed by atoms with Crippen LogP contribution >= 0.6 is 12.4 Å². The number of para-hydroxylation sites is 2. The van der Waals surface area contributed by atoms with Gasteiger partial charge in [0, 0.05) is 31.9 Å². The van der Waals surface area contributed by atoms with Gasteiger partial charge in [-0.2, -0.15) is 0 Å². The number of piperazine rings is 1. The summed E-state index contributed by atoms with van der Waals surface area (Å²) in [6, 6.07) is 26.0. The van der Waals surface area contributed by atoms with Crippen LogP contribution in [0.25, 0.3) is 11.1 Å². The summed E-state index contributed by atoms with van der Waals surface area (Å²) in [5, 5.41) is 10.2. The van der Waals surface area contributed by atoms with Gasteiger partial charge in [-0.05, 0) is 41.8 Å². The highest BCUT2D eigenvalue weighted by Crippen LogP contribution is 2.30. The molecule has 6 nitrogen and oxygen atoms in total. The number of rotatable bonds is 8. The second-order valence-electron chi connectivity index (χ2n) is 8.53. The summed E-state index contributed by atoms with van der Waals surface area (Å²) in [5.41, 5.74) is 3.99. The minimum Gasteiger partial charge on any atom is -0.495 e. The minimum atomic E-state index is -0.918. The Balaban J connectivity index is 0.00000342. The molecule has 1 unspecified atom stereocenters. The van der Waals surface area contributed by atoms with Gasteiger partial charge in [0.15, 0.2) is 0 Å². The van der Waals surface area contributed by atoms with Gasteiger partial charge < -0.3 is 14.7 Å². The Morgan fingerprint density at radius 3 is 2.11 bits per heavy atom. The van der Waals surface area contributed by atoms with Gasteiger partial charge in [0.2, 0.25) is 0 Å². The monoisotopic (exact) mass is 495 g/mol. The second kappa shape index (κ2) is 12.5. The quantitative estimate of drug-likeness (QED) is 0.402. The van der Waals surface area contributed by atoms with E-state index in [9.17, 15) is 9.90 Å². The molecule has 0 saturated carbocycles. The molecule has 1 amide bonds. The van der Waals surface area contributed by atoms with Gasteiger partial charge in [0.05, 0.1) is 19.0 Å². The van der Waals surface area contributed by atoms with Gasteiger partial charge in [-0.3, -0.25) is 9.80 Å². The van der Waals surface area contributed by atoms with Crippen molar-refractivity contribution in [1.82, 2.24) is 4.90 Å². The van der Waals surface area contributed by atoms with E-state index in [2.05, 4.69) is 34.9 Å².